The van der Waals surface area contributed by atoms with E-state index in [1.165, 1.54) is 16.5 Å². The summed E-state index contributed by atoms with van der Waals surface area (Å²) in [5.74, 6) is 0.774. The fraction of sp³-hybridized carbons (Fsp3) is 0.435. The van der Waals surface area contributed by atoms with Crippen LogP contribution in [0.2, 0.25) is 0 Å². The fourth-order valence-corrected chi connectivity index (χ4v) is 3.54. The Morgan fingerprint density at radius 1 is 1.10 bits per heavy atom. The van der Waals surface area contributed by atoms with Gasteiger partial charge in [0.15, 0.2) is 11.5 Å². The van der Waals surface area contributed by atoms with E-state index in [0.29, 0.717) is 11.5 Å². The van der Waals surface area contributed by atoms with E-state index in [2.05, 4.69) is 18.7 Å². The van der Waals surface area contributed by atoms with Crippen LogP contribution in [0.25, 0.3) is 0 Å². The van der Waals surface area contributed by atoms with Crippen LogP contribution >= 0.6 is 12.4 Å². The lowest BCUT2D eigenvalue weighted by molar-refractivity contribution is 0.109. The van der Waals surface area contributed by atoms with Gasteiger partial charge in [-0.15, -0.1) is 12.4 Å². The van der Waals surface area contributed by atoms with Gasteiger partial charge in [-0.05, 0) is 67.6 Å². The summed E-state index contributed by atoms with van der Waals surface area (Å²) in [6.07, 6.45) is 1.35. The van der Waals surface area contributed by atoms with Crippen molar-refractivity contribution in [3.63, 3.8) is 0 Å². The van der Waals surface area contributed by atoms with Gasteiger partial charge < -0.3 is 14.4 Å². The zero-order valence-corrected chi connectivity index (χ0v) is 19.0. The number of benzene rings is 2. The smallest absolute Gasteiger partial charge is 0.414 e. The first-order chi connectivity index (χ1) is 13.7. The number of amides is 1. The standard InChI is InChI=1S/C23H29FN2O3.ClH/c1-23(2,26-14-17-7-8-19(24)13-18(17)15-26)11-10-16-6-9-20(21(12-16)28-5)29-22(27)25(3)4;/h6-9,12-13H,10-11,14-15H2,1-5H3;1H. The van der Waals surface area contributed by atoms with Crippen LogP contribution in [0.5, 0.6) is 11.5 Å². The summed E-state index contributed by atoms with van der Waals surface area (Å²) in [7, 11) is 4.84. The van der Waals surface area contributed by atoms with E-state index in [4.69, 9.17) is 9.47 Å². The molecular weight excluding hydrogens is 407 g/mol. The molecule has 0 fully saturated rings. The number of hydrogen-bond acceptors (Lipinski definition) is 4. The number of halogens is 2. The molecule has 0 bridgehead atoms. The maximum absolute atomic E-state index is 13.5. The molecule has 0 N–H and O–H groups in total. The van der Waals surface area contributed by atoms with Gasteiger partial charge in [0.05, 0.1) is 7.11 Å². The predicted molar refractivity (Wildman–Crippen MR) is 118 cm³/mol. The van der Waals surface area contributed by atoms with Crippen molar-refractivity contribution in [2.45, 2.75) is 45.3 Å². The van der Waals surface area contributed by atoms with Gasteiger partial charge in [0, 0.05) is 32.7 Å². The van der Waals surface area contributed by atoms with Crippen LogP contribution in [-0.4, -0.2) is 42.6 Å². The van der Waals surface area contributed by atoms with Gasteiger partial charge in [-0.2, -0.15) is 0 Å². The molecule has 0 saturated heterocycles. The topological polar surface area (TPSA) is 42.0 Å². The molecular formula is C23H30ClFN2O3. The van der Waals surface area contributed by atoms with Gasteiger partial charge in [0.1, 0.15) is 5.82 Å². The Labute approximate surface area is 184 Å². The molecule has 164 valence electrons. The number of aryl methyl sites for hydroxylation is 1. The lowest BCUT2D eigenvalue weighted by Gasteiger charge is -2.35. The van der Waals surface area contributed by atoms with E-state index in [1.54, 1.807) is 33.3 Å². The molecule has 1 aliphatic heterocycles. The molecule has 0 radical (unpaired) electrons. The van der Waals surface area contributed by atoms with E-state index < -0.39 is 6.09 Å². The minimum absolute atomic E-state index is 0. The second-order valence-corrected chi connectivity index (χ2v) is 8.33. The lowest BCUT2D eigenvalue weighted by Crippen LogP contribution is -2.40. The molecule has 0 atom stereocenters. The average Bonchev–Trinajstić information content (AvgIpc) is 3.11. The molecule has 30 heavy (non-hydrogen) atoms. The third kappa shape index (κ3) is 5.43. The highest BCUT2D eigenvalue weighted by molar-refractivity contribution is 5.85. The van der Waals surface area contributed by atoms with Crippen molar-refractivity contribution in [3.05, 3.63) is 58.9 Å². The van der Waals surface area contributed by atoms with Crippen molar-refractivity contribution in [2.24, 2.45) is 0 Å². The van der Waals surface area contributed by atoms with Crippen LogP contribution < -0.4 is 9.47 Å². The summed E-state index contributed by atoms with van der Waals surface area (Å²) in [6.45, 7) is 6.05. The minimum Gasteiger partial charge on any atom is -0.493 e. The first kappa shape index (κ1) is 24.0. The number of methoxy groups -OCH3 is 1. The Morgan fingerprint density at radius 2 is 1.80 bits per heavy atom. The zero-order chi connectivity index (χ0) is 21.2. The third-order valence-electron chi connectivity index (χ3n) is 5.56. The van der Waals surface area contributed by atoms with Crippen LogP contribution in [0.15, 0.2) is 36.4 Å². The van der Waals surface area contributed by atoms with Crippen molar-refractivity contribution < 1.29 is 18.7 Å². The van der Waals surface area contributed by atoms with Gasteiger partial charge in [-0.3, -0.25) is 4.90 Å². The summed E-state index contributed by atoms with van der Waals surface area (Å²) >= 11 is 0. The van der Waals surface area contributed by atoms with E-state index >= 15 is 0 Å². The number of carbonyl (C=O) groups is 1. The van der Waals surface area contributed by atoms with Crippen molar-refractivity contribution >= 4 is 18.5 Å². The second kappa shape index (κ2) is 9.67. The molecule has 0 aromatic heterocycles. The van der Waals surface area contributed by atoms with Crippen LogP contribution in [0.1, 0.15) is 37.0 Å². The van der Waals surface area contributed by atoms with Gasteiger partial charge in [-0.25, -0.2) is 9.18 Å². The van der Waals surface area contributed by atoms with E-state index in [0.717, 1.165) is 37.1 Å². The summed E-state index contributed by atoms with van der Waals surface area (Å²) in [5, 5.41) is 0. The molecule has 0 spiro atoms. The molecule has 7 heteroatoms. The molecule has 0 unspecified atom stereocenters. The Balaban J connectivity index is 0.00000320. The maximum Gasteiger partial charge on any atom is 0.414 e. The summed E-state index contributed by atoms with van der Waals surface area (Å²) in [6, 6.07) is 10.7. The first-order valence-electron chi connectivity index (χ1n) is 9.78. The van der Waals surface area contributed by atoms with Gasteiger partial charge in [0.25, 0.3) is 0 Å². The molecule has 0 saturated carbocycles. The van der Waals surface area contributed by atoms with Crippen molar-refractivity contribution in [2.75, 3.05) is 21.2 Å². The molecule has 2 aromatic rings. The van der Waals surface area contributed by atoms with Crippen molar-refractivity contribution in [1.29, 1.82) is 0 Å². The highest BCUT2D eigenvalue weighted by Crippen LogP contribution is 2.34. The average molecular weight is 437 g/mol. The number of carbonyl (C=O) groups excluding carboxylic acids is 1. The largest absolute Gasteiger partial charge is 0.493 e. The SMILES string of the molecule is COc1cc(CCC(C)(C)N2Cc3ccc(F)cc3C2)ccc1OC(=O)N(C)C.Cl. The number of ether oxygens (including phenoxy) is 2. The Bertz CT molecular complexity index is 902. The van der Waals surface area contributed by atoms with E-state index in [1.807, 2.05) is 18.2 Å². The summed E-state index contributed by atoms with van der Waals surface area (Å²) in [5.41, 5.74) is 3.35. The second-order valence-electron chi connectivity index (χ2n) is 8.33. The maximum atomic E-state index is 13.5. The molecule has 3 rings (SSSR count). The minimum atomic E-state index is -0.442. The zero-order valence-electron chi connectivity index (χ0n) is 18.2. The van der Waals surface area contributed by atoms with Crippen LogP contribution in [0.4, 0.5) is 9.18 Å². The van der Waals surface area contributed by atoms with E-state index in [9.17, 15) is 9.18 Å². The van der Waals surface area contributed by atoms with Crippen molar-refractivity contribution in [1.82, 2.24) is 9.80 Å². The summed E-state index contributed by atoms with van der Waals surface area (Å²) in [4.78, 5) is 15.6. The first-order valence-corrected chi connectivity index (χ1v) is 9.78. The predicted octanol–water partition coefficient (Wildman–Crippen LogP) is 5.04. The quantitative estimate of drug-likeness (QED) is 0.636. The van der Waals surface area contributed by atoms with Crippen LogP contribution in [0, 0.1) is 5.82 Å². The molecule has 1 heterocycles. The highest BCUT2D eigenvalue weighted by Gasteiger charge is 2.31. The molecule has 1 amide bonds. The number of fused-ring (bicyclic) bond motifs is 1. The Morgan fingerprint density at radius 3 is 2.47 bits per heavy atom. The van der Waals surface area contributed by atoms with E-state index in [-0.39, 0.29) is 23.8 Å². The molecule has 2 aromatic carbocycles. The molecule has 1 aliphatic rings. The number of rotatable bonds is 6. The monoisotopic (exact) mass is 436 g/mol. The fourth-order valence-electron chi connectivity index (χ4n) is 3.54. The Hall–Kier alpha value is -2.31. The summed E-state index contributed by atoms with van der Waals surface area (Å²) < 4.78 is 24.3. The highest BCUT2D eigenvalue weighted by atomic mass is 35.5. The normalized spacial score (nSPS) is 13.4. The third-order valence-corrected chi connectivity index (χ3v) is 5.56. The van der Waals surface area contributed by atoms with Gasteiger partial charge in [-0.1, -0.05) is 12.1 Å². The molecule has 0 aliphatic carbocycles. The lowest BCUT2D eigenvalue weighted by atomic mass is 9.93. The Kier molecular flexibility index (Phi) is 7.72. The van der Waals surface area contributed by atoms with Crippen LogP contribution in [0.3, 0.4) is 0 Å². The van der Waals surface area contributed by atoms with Gasteiger partial charge >= 0.3 is 6.09 Å². The molecule has 5 nitrogen and oxygen atoms in total. The van der Waals surface area contributed by atoms with Crippen LogP contribution in [-0.2, 0) is 19.5 Å². The van der Waals surface area contributed by atoms with Gasteiger partial charge in [0.2, 0.25) is 0 Å². The van der Waals surface area contributed by atoms with Crippen molar-refractivity contribution in [3.8, 4) is 11.5 Å². The number of hydrogen-bond donors (Lipinski definition) is 0. The number of nitrogens with zero attached hydrogens (tertiary/aromatic N) is 2.